The molecule has 6 nitrogen and oxygen atoms in total. The average Bonchev–Trinajstić information content (AvgIpc) is 3.14. The van der Waals surface area contributed by atoms with E-state index in [2.05, 4.69) is 10.3 Å². The van der Waals surface area contributed by atoms with E-state index in [1.165, 1.54) is 30.5 Å². The number of halogens is 1. The summed E-state index contributed by atoms with van der Waals surface area (Å²) >= 11 is 0. The summed E-state index contributed by atoms with van der Waals surface area (Å²) in [4.78, 5) is 26.7. The molecular formula is C18H15FN2O4. The van der Waals surface area contributed by atoms with E-state index in [0.29, 0.717) is 11.5 Å². The van der Waals surface area contributed by atoms with E-state index in [-0.39, 0.29) is 17.7 Å². The van der Waals surface area contributed by atoms with E-state index in [4.69, 9.17) is 4.42 Å². The number of pyridine rings is 1. The number of carbonyl (C=O) groups excluding carboxylic acids is 1. The Hall–Kier alpha value is -3.19. The zero-order valence-corrected chi connectivity index (χ0v) is 13.0. The summed E-state index contributed by atoms with van der Waals surface area (Å²) in [5, 5.41) is 12.4. The maximum Gasteiger partial charge on any atom is 0.261 e. The highest BCUT2D eigenvalue weighted by atomic mass is 19.1. The highest BCUT2D eigenvalue weighted by molar-refractivity contribution is 5.94. The van der Waals surface area contributed by atoms with E-state index in [1.807, 2.05) is 0 Å². The van der Waals surface area contributed by atoms with Crippen molar-refractivity contribution in [3.63, 3.8) is 0 Å². The number of aromatic nitrogens is 1. The second-order valence-corrected chi connectivity index (χ2v) is 5.34. The third kappa shape index (κ3) is 3.67. The maximum absolute atomic E-state index is 13.6. The second-order valence-electron chi connectivity index (χ2n) is 5.34. The van der Waals surface area contributed by atoms with Gasteiger partial charge in [-0.1, -0.05) is 18.2 Å². The number of hydrogen-bond donors (Lipinski definition) is 3. The van der Waals surface area contributed by atoms with E-state index in [0.717, 1.165) is 0 Å². The minimum absolute atomic E-state index is 0.0740. The third-order valence-corrected chi connectivity index (χ3v) is 3.66. The van der Waals surface area contributed by atoms with Crippen LogP contribution in [0.15, 0.2) is 64.0 Å². The van der Waals surface area contributed by atoms with Crippen LogP contribution in [0.1, 0.15) is 22.0 Å². The normalized spacial score (nSPS) is 11.9. The SMILES string of the molecule is O=C(NCC(O)c1ccccc1F)c1ccc(-c2ccco2)[nH]c1=O. The van der Waals surface area contributed by atoms with E-state index < -0.39 is 23.4 Å². The molecule has 3 rings (SSSR count). The summed E-state index contributed by atoms with van der Waals surface area (Å²) in [6.07, 6.45) is 0.255. The number of aromatic amines is 1. The van der Waals surface area contributed by atoms with Crippen molar-refractivity contribution in [1.82, 2.24) is 10.3 Å². The summed E-state index contributed by atoms with van der Waals surface area (Å²) in [5.41, 5.74) is -0.189. The molecular weight excluding hydrogens is 327 g/mol. The lowest BCUT2D eigenvalue weighted by molar-refractivity contribution is 0.0912. The second kappa shape index (κ2) is 7.14. The van der Waals surface area contributed by atoms with Gasteiger partial charge in [-0.2, -0.15) is 0 Å². The Morgan fingerprint density at radius 3 is 2.68 bits per heavy atom. The monoisotopic (exact) mass is 342 g/mol. The summed E-state index contributed by atoms with van der Waals surface area (Å²) in [6, 6.07) is 12.0. The fourth-order valence-electron chi connectivity index (χ4n) is 2.37. The van der Waals surface area contributed by atoms with Gasteiger partial charge in [0.25, 0.3) is 11.5 Å². The Balaban J connectivity index is 1.69. The molecule has 7 heteroatoms. The van der Waals surface area contributed by atoms with Crippen molar-refractivity contribution < 1.29 is 18.7 Å². The number of benzene rings is 1. The van der Waals surface area contributed by atoms with E-state index in [9.17, 15) is 19.1 Å². The molecule has 0 aliphatic carbocycles. The van der Waals surface area contributed by atoms with E-state index >= 15 is 0 Å². The predicted octanol–water partition coefficient (Wildman–Crippen LogP) is 2.24. The standard InChI is InChI=1S/C18H15FN2O4/c19-13-5-2-1-4-11(13)15(22)10-20-17(23)12-7-8-14(21-18(12)24)16-6-3-9-25-16/h1-9,15,22H,10H2,(H,20,23)(H,21,24). The lowest BCUT2D eigenvalue weighted by Crippen LogP contribution is -2.32. The topological polar surface area (TPSA) is 95.3 Å². The van der Waals surface area contributed by atoms with Gasteiger partial charge >= 0.3 is 0 Å². The highest BCUT2D eigenvalue weighted by Crippen LogP contribution is 2.17. The van der Waals surface area contributed by atoms with Crippen LogP contribution in [0.25, 0.3) is 11.5 Å². The first kappa shape index (κ1) is 16.7. The number of H-pyrrole nitrogens is 1. The number of nitrogens with one attached hydrogen (secondary N) is 2. The van der Waals surface area contributed by atoms with Crippen LogP contribution in [-0.4, -0.2) is 22.5 Å². The lowest BCUT2D eigenvalue weighted by atomic mass is 10.1. The maximum atomic E-state index is 13.6. The molecule has 0 saturated heterocycles. The van der Waals surface area contributed by atoms with Crippen molar-refractivity contribution in [2.45, 2.75) is 6.10 Å². The Morgan fingerprint density at radius 1 is 1.20 bits per heavy atom. The van der Waals surface area contributed by atoms with Gasteiger partial charge in [0.15, 0.2) is 0 Å². The zero-order chi connectivity index (χ0) is 17.8. The number of carbonyl (C=O) groups is 1. The van der Waals surface area contributed by atoms with Gasteiger partial charge in [-0.05, 0) is 30.3 Å². The number of furan rings is 1. The molecule has 2 aromatic heterocycles. The lowest BCUT2D eigenvalue weighted by Gasteiger charge is -2.13. The Bertz CT molecular complexity index is 934. The molecule has 0 saturated carbocycles. The Labute approximate surface area is 141 Å². The minimum atomic E-state index is -1.22. The predicted molar refractivity (Wildman–Crippen MR) is 88.5 cm³/mol. The fraction of sp³-hybridized carbons (Fsp3) is 0.111. The van der Waals surface area contributed by atoms with E-state index in [1.54, 1.807) is 24.3 Å². The molecule has 0 aliphatic heterocycles. The molecule has 0 fully saturated rings. The Morgan fingerprint density at radius 2 is 2.00 bits per heavy atom. The first-order chi connectivity index (χ1) is 12.1. The molecule has 0 radical (unpaired) electrons. The zero-order valence-electron chi connectivity index (χ0n) is 13.0. The van der Waals surface area contributed by atoms with Crippen molar-refractivity contribution in [1.29, 1.82) is 0 Å². The van der Waals surface area contributed by atoms with Crippen molar-refractivity contribution in [2.24, 2.45) is 0 Å². The van der Waals surface area contributed by atoms with Crippen LogP contribution >= 0.6 is 0 Å². The van der Waals surface area contributed by atoms with Crippen LogP contribution in [0.5, 0.6) is 0 Å². The molecule has 2 heterocycles. The number of aliphatic hydroxyl groups excluding tert-OH is 1. The molecule has 3 N–H and O–H groups in total. The van der Waals surface area contributed by atoms with Gasteiger partial charge in [0.1, 0.15) is 17.1 Å². The van der Waals surface area contributed by atoms with Crippen LogP contribution in [-0.2, 0) is 0 Å². The molecule has 1 unspecified atom stereocenters. The first-order valence-electron chi connectivity index (χ1n) is 7.54. The van der Waals surface area contributed by atoms with Crippen LogP contribution in [0.2, 0.25) is 0 Å². The largest absolute Gasteiger partial charge is 0.463 e. The summed E-state index contributed by atoms with van der Waals surface area (Å²) < 4.78 is 18.8. The number of hydrogen-bond acceptors (Lipinski definition) is 4. The summed E-state index contributed by atoms with van der Waals surface area (Å²) in [6.45, 7) is -0.223. The highest BCUT2D eigenvalue weighted by Gasteiger charge is 2.16. The number of aliphatic hydroxyl groups is 1. The molecule has 3 aromatic rings. The minimum Gasteiger partial charge on any atom is -0.463 e. The van der Waals surface area contributed by atoms with Crippen molar-refractivity contribution in [3.05, 3.63) is 82.1 Å². The van der Waals surface area contributed by atoms with Gasteiger partial charge in [-0.25, -0.2) is 4.39 Å². The van der Waals surface area contributed by atoms with Gasteiger partial charge in [-0.15, -0.1) is 0 Å². The van der Waals surface area contributed by atoms with Crippen molar-refractivity contribution in [3.8, 4) is 11.5 Å². The molecule has 25 heavy (non-hydrogen) atoms. The Kier molecular flexibility index (Phi) is 4.76. The van der Waals surface area contributed by atoms with Crippen LogP contribution < -0.4 is 10.9 Å². The molecule has 0 aliphatic rings. The first-order valence-corrected chi connectivity index (χ1v) is 7.54. The third-order valence-electron chi connectivity index (χ3n) is 3.66. The van der Waals surface area contributed by atoms with Crippen LogP contribution in [0.4, 0.5) is 4.39 Å². The smallest absolute Gasteiger partial charge is 0.261 e. The number of amides is 1. The van der Waals surface area contributed by atoms with Crippen LogP contribution in [0, 0.1) is 5.82 Å². The molecule has 0 bridgehead atoms. The molecule has 128 valence electrons. The van der Waals surface area contributed by atoms with Gasteiger partial charge < -0.3 is 19.8 Å². The average molecular weight is 342 g/mol. The summed E-state index contributed by atoms with van der Waals surface area (Å²) in [5.74, 6) is -0.758. The fourth-order valence-corrected chi connectivity index (χ4v) is 2.37. The molecule has 1 amide bonds. The molecule has 1 atom stereocenters. The molecule has 0 spiro atoms. The van der Waals surface area contributed by atoms with Gasteiger partial charge in [0, 0.05) is 12.1 Å². The van der Waals surface area contributed by atoms with Crippen molar-refractivity contribution in [2.75, 3.05) is 6.54 Å². The quantitative estimate of drug-likeness (QED) is 0.663. The van der Waals surface area contributed by atoms with Crippen molar-refractivity contribution >= 4 is 5.91 Å². The van der Waals surface area contributed by atoms with Crippen LogP contribution in [0.3, 0.4) is 0 Å². The van der Waals surface area contributed by atoms with Gasteiger partial charge in [0.2, 0.25) is 0 Å². The van der Waals surface area contributed by atoms with Gasteiger partial charge in [0.05, 0.1) is 18.1 Å². The molecule has 1 aromatic carbocycles. The number of rotatable bonds is 5. The van der Waals surface area contributed by atoms with Gasteiger partial charge in [-0.3, -0.25) is 9.59 Å². The summed E-state index contributed by atoms with van der Waals surface area (Å²) in [7, 11) is 0.